The van der Waals surface area contributed by atoms with E-state index in [0.29, 0.717) is 5.69 Å². The van der Waals surface area contributed by atoms with Gasteiger partial charge in [0.25, 0.3) is 5.54 Å². The summed E-state index contributed by atoms with van der Waals surface area (Å²) < 4.78 is 36.9. The monoisotopic (exact) mass is 463 g/mol. The van der Waals surface area contributed by atoms with Gasteiger partial charge in [0.1, 0.15) is 23.4 Å². The molecule has 2 saturated heterocycles. The number of fused-ring (bicyclic) bond motifs is 1. The number of hydrogen-bond donors (Lipinski definition) is 1. The lowest BCUT2D eigenvalue weighted by atomic mass is 10.0. The Morgan fingerprint density at radius 2 is 2.00 bits per heavy atom. The highest BCUT2D eigenvalue weighted by atomic mass is 19.1. The molecule has 1 N–H and O–H groups in total. The molecule has 11 heteroatoms. The van der Waals surface area contributed by atoms with Crippen LogP contribution >= 0.6 is 0 Å². The predicted octanol–water partition coefficient (Wildman–Crippen LogP) is 2.61. The lowest BCUT2D eigenvalue weighted by molar-refractivity contribution is 0.129. The normalized spacial score (nSPS) is 27.4. The maximum atomic E-state index is 15.1. The lowest BCUT2D eigenvalue weighted by Gasteiger charge is -2.15. The fourth-order valence-electron chi connectivity index (χ4n) is 5.25. The molecule has 1 unspecified atom stereocenters. The number of halogens is 2. The number of aromatic nitrogens is 4. The first-order chi connectivity index (χ1) is 16.5. The van der Waals surface area contributed by atoms with E-state index in [4.69, 9.17) is 11.3 Å². The van der Waals surface area contributed by atoms with E-state index >= 15 is 8.78 Å². The van der Waals surface area contributed by atoms with Crippen LogP contribution in [0.25, 0.3) is 16.0 Å². The largest absolute Gasteiger partial charge is 0.442 e. The van der Waals surface area contributed by atoms with Crippen LogP contribution in [-0.4, -0.2) is 51.8 Å². The first-order valence-electron chi connectivity index (χ1n) is 10.9. The molecule has 3 aromatic rings. The third-order valence-corrected chi connectivity index (χ3v) is 6.96. The molecule has 4 heterocycles. The van der Waals surface area contributed by atoms with Crippen molar-refractivity contribution in [2.45, 2.75) is 18.2 Å². The molecule has 3 aliphatic rings. The Kier molecular flexibility index (Phi) is 4.60. The summed E-state index contributed by atoms with van der Waals surface area (Å²) in [7, 11) is 0. The van der Waals surface area contributed by atoms with E-state index in [1.807, 2.05) is 0 Å². The summed E-state index contributed by atoms with van der Waals surface area (Å²) in [5.41, 5.74) is 0.105. The van der Waals surface area contributed by atoms with Gasteiger partial charge in [-0.15, -0.1) is 5.10 Å². The lowest BCUT2D eigenvalue weighted by Crippen LogP contribution is -2.26. The highest BCUT2D eigenvalue weighted by molar-refractivity contribution is 5.90. The van der Waals surface area contributed by atoms with Crippen LogP contribution in [0.3, 0.4) is 0 Å². The Hall–Kier alpha value is -3.91. The van der Waals surface area contributed by atoms with Crippen molar-refractivity contribution in [2.24, 2.45) is 11.8 Å². The van der Waals surface area contributed by atoms with Crippen LogP contribution in [0.5, 0.6) is 0 Å². The van der Waals surface area contributed by atoms with Crippen molar-refractivity contribution in [3.8, 4) is 11.1 Å². The van der Waals surface area contributed by atoms with Gasteiger partial charge in [-0.25, -0.2) is 24.8 Å². The Morgan fingerprint density at radius 3 is 2.62 bits per heavy atom. The Bertz CT molecular complexity index is 1270. The topological polar surface area (TPSA) is 89.5 Å². The van der Waals surface area contributed by atoms with Crippen LogP contribution < -0.4 is 10.2 Å². The molecule has 34 heavy (non-hydrogen) atoms. The zero-order valence-electron chi connectivity index (χ0n) is 17.9. The Morgan fingerprint density at radius 1 is 1.24 bits per heavy atom. The molecule has 0 radical (unpaired) electrons. The third kappa shape index (κ3) is 3.06. The van der Waals surface area contributed by atoms with Gasteiger partial charge in [0, 0.05) is 31.0 Å². The van der Waals surface area contributed by atoms with Crippen LogP contribution in [0.4, 0.5) is 19.3 Å². The van der Waals surface area contributed by atoms with E-state index in [1.165, 1.54) is 22.0 Å². The summed E-state index contributed by atoms with van der Waals surface area (Å²) in [6.07, 6.45) is 3.34. The minimum atomic E-state index is -0.815. The van der Waals surface area contributed by atoms with Gasteiger partial charge < -0.3 is 14.9 Å². The van der Waals surface area contributed by atoms with Crippen LogP contribution in [0.1, 0.15) is 5.69 Å². The molecule has 0 bridgehead atoms. The molecule has 2 aromatic heterocycles. The highest BCUT2D eigenvalue weighted by Crippen LogP contribution is 2.62. The van der Waals surface area contributed by atoms with Crippen molar-refractivity contribution in [1.29, 1.82) is 0 Å². The van der Waals surface area contributed by atoms with Gasteiger partial charge in [-0.1, -0.05) is 11.3 Å². The average molecular weight is 463 g/mol. The molecule has 172 valence electrons. The molecular formula is C23H19F2N7O2. The number of anilines is 1. The molecule has 1 aromatic carbocycles. The number of ether oxygens (including phenoxy) is 1. The first kappa shape index (κ1) is 20.7. The van der Waals surface area contributed by atoms with Gasteiger partial charge in [0.15, 0.2) is 0 Å². The molecule has 6 rings (SSSR count). The van der Waals surface area contributed by atoms with Crippen LogP contribution in [0.15, 0.2) is 42.9 Å². The minimum Gasteiger partial charge on any atom is -0.442 e. The van der Waals surface area contributed by atoms with E-state index in [9.17, 15) is 4.79 Å². The maximum Gasteiger partial charge on any atom is 0.414 e. The molecular weight excluding hydrogens is 444 g/mol. The van der Waals surface area contributed by atoms with E-state index in [0.717, 1.165) is 25.2 Å². The van der Waals surface area contributed by atoms with Crippen LogP contribution in [0.2, 0.25) is 0 Å². The van der Waals surface area contributed by atoms with Gasteiger partial charge in [-0.3, -0.25) is 9.88 Å². The Labute approximate surface area is 193 Å². The number of amides is 1. The standard InChI is InChI=1S/C23H19F2N7O2/c1-26-23(16-9-27-10-17(16)23)20-3-2-13(8-28-20)21-18(24)6-14(7-19(21)25)32-12-15(34-22(32)33)11-31-5-4-29-30-31/h2-8,15-17,27H,9-12H2/t15-,16-,17+,23?/m0/s1. The molecule has 1 amide bonds. The van der Waals surface area contributed by atoms with Crippen molar-refractivity contribution in [2.75, 3.05) is 24.5 Å². The fourth-order valence-corrected chi connectivity index (χ4v) is 5.25. The van der Waals surface area contributed by atoms with E-state index in [1.54, 1.807) is 18.3 Å². The number of cyclic esters (lactones) is 1. The molecule has 1 saturated carbocycles. The SMILES string of the molecule is [C-]#[N+]C1(c2ccc(-c3c(F)cc(N4C[C@H](Cn5ccnn5)OC4=O)cc3F)cn2)[C@@H]2CNC[C@@H]21. The van der Waals surface area contributed by atoms with Gasteiger partial charge in [0.05, 0.1) is 42.4 Å². The van der Waals surface area contributed by atoms with Gasteiger partial charge in [0.2, 0.25) is 0 Å². The average Bonchev–Trinajstić information content (AvgIpc) is 3.34. The van der Waals surface area contributed by atoms with Crippen LogP contribution in [0, 0.1) is 30.0 Å². The summed E-state index contributed by atoms with van der Waals surface area (Å²) in [6.45, 7) is 9.63. The van der Waals surface area contributed by atoms with Crippen LogP contribution in [-0.2, 0) is 16.8 Å². The number of nitrogens with zero attached hydrogens (tertiary/aromatic N) is 6. The van der Waals surface area contributed by atoms with Crippen molar-refractivity contribution < 1.29 is 18.3 Å². The van der Waals surface area contributed by atoms with Crippen molar-refractivity contribution in [1.82, 2.24) is 25.3 Å². The summed E-state index contributed by atoms with van der Waals surface area (Å²) in [4.78, 5) is 21.8. The number of carbonyl (C=O) groups is 1. The van der Waals surface area contributed by atoms with E-state index in [-0.39, 0.29) is 41.7 Å². The quantitative estimate of drug-likeness (QED) is 0.586. The van der Waals surface area contributed by atoms with Gasteiger partial charge in [-0.05, 0) is 18.2 Å². The van der Waals surface area contributed by atoms with Crippen molar-refractivity contribution in [3.63, 3.8) is 0 Å². The number of piperidine rings is 1. The van der Waals surface area contributed by atoms with Gasteiger partial charge in [-0.2, -0.15) is 0 Å². The second-order valence-electron chi connectivity index (χ2n) is 8.77. The number of nitrogens with one attached hydrogen (secondary N) is 1. The maximum absolute atomic E-state index is 15.1. The smallest absolute Gasteiger partial charge is 0.414 e. The third-order valence-electron chi connectivity index (χ3n) is 6.96. The minimum absolute atomic E-state index is 0.0692. The van der Waals surface area contributed by atoms with E-state index < -0.39 is 29.4 Å². The summed E-state index contributed by atoms with van der Waals surface area (Å²) >= 11 is 0. The number of benzene rings is 1. The zero-order chi connectivity index (χ0) is 23.4. The molecule has 0 spiro atoms. The second-order valence-corrected chi connectivity index (χ2v) is 8.77. The number of rotatable bonds is 5. The molecule has 9 nitrogen and oxygen atoms in total. The zero-order valence-corrected chi connectivity index (χ0v) is 17.9. The molecule has 3 fully saturated rings. The fraction of sp³-hybridized carbons (Fsp3) is 0.348. The molecule has 4 atom stereocenters. The summed E-state index contributed by atoms with van der Waals surface area (Å²) in [5.74, 6) is -1.18. The van der Waals surface area contributed by atoms with Crippen molar-refractivity contribution >= 4 is 11.8 Å². The second kappa shape index (κ2) is 7.56. The van der Waals surface area contributed by atoms with Gasteiger partial charge >= 0.3 is 6.09 Å². The molecule has 2 aliphatic heterocycles. The highest BCUT2D eigenvalue weighted by Gasteiger charge is 2.76. The van der Waals surface area contributed by atoms with Crippen molar-refractivity contribution in [3.05, 3.63) is 71.6 Å². The summed E-state index contributed by atoms with van der Waals surface area (Å²) in [5, 5.41) is 10.8. The number of hydrogen-bond acceptors (Lipinski definition) is 6. The summed E-state index contributed by atoms with van der Waals surface area (Å²) in [6, 6.07) is 5.51. The Balaban J connectivity index is 1.24. The number of carbonyl (C=O) groups excluding carboxylic acids is 1. The predicted molar refractivity (Wildman–Crippen MR) is 115 cm³/mol. The first-order valence-corrected chi connectivity index (χ1v) is 10.9. The van der Waals surface area contributed by atoms with E-state index in [2.05, 4.69) is 25.5 Å². The molecule has 1 aliphatic carbocycles. The number of pyridine rings is 1.